The second kappa shape index (κ2) is 6.65. The van der Waals surface area contributed by atoms with E-state index in [0.717, 1.165) is 25.3 Å². The highest BCUT2D eigenvalue weighted by Gasteiger charge is 2.12. The van der Waals surface area contributed by atoms with Gasteiger partial charge in [-0.15, -0.1) is 11.3 Å². The van der Waals surface area contributed by atoms with Gasteiger partial charge in [-0.1, -0.05) is 6.07 Å². The first-order chi connectivity index (χ1) is 10.4. The number of pyridine rings is 2. The van der Waals surface area contributed by atoms with Crippen LogP contribution in [0.2, 0.25) is 0 Å². The molecule has 0 saturated carbocycles. The van der Waals surface area contributed by atoms with Gasteiger partial charge in [-0.2, -0.15) is 0 Å². The molecule has 21 heavy (non-hydrogen) atoms. The number of hydrogen-bond acceptors (Lipinski definition) is 5. The van der Waals surface area contributed by atoms with Crippen molar-refractivity contribution in [3.8, 4) is 0 Å². The van der Waals surface area contributed by atoms with Crippen LogP contribution in [0.25, 0.3) is 10.1 Å². The molecule has 0 atom stereocenters. The molecule has 0 aliphatic heterocycles. The Bertz CT molecular complexity index is 696. The van der Waals surface area contributed by atoms with Crippen molar-refractivity contribution in [3.63, 3.8) is 0 Å². The minimum absolute atomic E-state index is 0.684. The summed E-state index contributed by atoms with van der Waals surface area (Å²) in [7, 11) is 0. The van der Waals surface area contributed by atoms with Gasteiger partial charge < -0.3 is 10.6 Å². The highest BCUT2D eigenvalue weighted by molar-refractivity contribution is 7.17. The van der Waals surface area contributed by atoms with Crippen molar-refractivity contribution in [2.45, 2.75) is 13.0 Å². The number of anilines is 1. The Morgan fingerprint density at radius 3 is 2.95 bits per heavy atom. The van der Waals surface area contributed by atoms with Crippen molar-refractivity contribution < 1.29 is 0 Å². The van der Waals surface area contributed by atoms with Gasteiger partial charge in [-0.05, 0) is 42.1 Å². The number of rotatable bonds is 6. The molecule has 3 aromatic rings. The predicted molar refractivity (Wildman–Crippen MR) is 88.6 cm³/mol. The van der Waals surface area contributed by atoms with E-state index in [2.05, 4.69) is 38.4 Å². The lowest BCUT2D eigenvalue weighted by Gasteiger charge is -2.24. The first kappa shape index (κ1) is 14.0. The molecule has 3 aromatic heterocycles. The lowest BCUT2D eigenvalue weighted by molar-refractivity contribution is 0.728. The number of fused-ring (bicyclic) bond motifs is 1. The largest absolute Gasteiger partial charge is 0.352 e. The fraction of sp³-hybridized carbons (Fsp3) is 0.250. The summed E-state index contributed by atoms with van der Waals surface area (Å²) in [4.78, 5) is 11.1. The third-order valence-corrected chi connectivity index (χ3v) is 4.27. The Balaban J connectivity index is 1.93. The minimum atomic E-state index is 0.684. The van der Waals surface area contributed by atoms with Gasteiger partial charge in [0.05, 0.1) is 0 Å². The molecule has 0 aliphatic rings. The van der Waals surface area contributed by atoms with E-state index in [0.29, 0.717) is 6.54 Å². The maximum atomic E-state index is 5.68. The zero-order chi connectivity index (χ0) is 14.5. The van der Waals surface area contributed by atoms with Crippen LogP contribution in [-0.4, -0.2) is 23.1 Å². The molecule has 0 spiro atoms. The normalized spacial score (nSPS) is 10.9. The van der Waals surface area contributed by atoms with Crippen molar-refractivity contribution in [3.05, 3.63) is 53.8 Å². The smallest absolute Gasteiger partial charge is 0.137 e. The lowest BCUT2D eigenvalue weighted by Crippen LogP contribution is -2.26. The Morgan fingerprint density at radius 2 is 2.14 bits per heavy atom. The van der Waals surface area contributed by atoms with Crippen molar-refractivity contribution in [1.82, 2.24) is 9.97 Å². The SMILES string of the molecule is NCCCN(Cc1cccnc1)c1nccc2sccc12. The van der Waals surface area contributed by atoms with Crippen molar-refractivity contribution in [2.75, 3.05) is 18.0 Å². The average molecular weight is 298 g/mol. The number of thiophene rings is 1. The van der Waals surface area contributed by atoms with E-state index in [-0.39, 0.29) is 0 Å². The fourth-order valence-corrected chi connectivity index (χ4v) is 3.16. The maximum absolute atomic E-state index is 5.68. The van der Waals surface area contributed by atoms with Gasteiger partial charge in [0.15, 0.2) is 0 Å². The Kier molecular flexibility index (Phi) is 4.43. The molecule has 0 unspecified atom stereocenters. The van der Waals surface area contributed by atoms with E-state index in [4.69, 9.17) is 5.73 Å². The highest BCUT2D eigenvalue weighted by Crippen LogP contribution is 2.29. The molecule has 0 fully saturated rings. The minimum Gasteiger partial charge on any atom is -0.352 e. The lowest BCUT2D eigenvalue weighted by atomic mass is 10.2. The van der Waals surface area contributed by atoms with E-state index in [1.165, 1.54) is 15.6 Å². The quantitative estimate of drug-likeness (QED) is 0.760. The summed E-state index contributed by atoms with van der Waals surface area (Å²) in [6.45, 7) is 2.38. The monoisotopic (exact) mass is 298 g/mol. The summed E-state index contributed by atoms with van der Waals surface area (Å²) in [5.41, 5.74) is 6.87. The van der Waals surface area contributed by atoms with Gasteiger partial charge in [-0.25, -0.2) is 4.98 Å². The second-order valence-electron chi connectivity index (χ2n) is 4.89. The molecule has 0 radical (unpaired) electrons. The summed E-state index contributed by atoms with van der Waals surface area (Å²) in [5, 5.41) is 3.32. The Labute approximate surface area is 128 Å². The summed E-state index contributed by atoms with van der Waals surface area (Å²) >= 11 is 1.75. The summed E-state index contributed by atoms with van der Waals surface area (Å²) in [6, 6.07) is 8.26. The number of aromatic nitrogens is 2. The molecular weight excluding hydrogens is 280 g/mol. The van der Waals surface area contributed by atoms with Gasteiger partial charge in [0.25, 0.3) is 0 Å². The number of nitrogens with zero attached hydrogens (tertiary/aromatic N) is 3. The first-order valence-corrected chi connectivity index (χ1v) is 7.92. The molecule has 0 amide bonds. The molecule has 3 heterocycles. The van der Waals surface area contributed by atoms with E-state index in [9.17, 15) is 0 Å². The van der Waals surface area contributed by atoms with E-state index >= 15 is 0 Å². The van der Waals surface area contributed by atoms with Gasteiger partial charge in [0, 0.05) is 41.8 Å². The van der Waals surface area contributed by atoms with Gasteiger partial charge in [0.2, 0.25) is 0 Å². The first-order valence-electron chi connectivity index (χ1n) is 7.04. The van der Waals surface area contributed by atoms with Crippen LogP contribution >= 0.6 is 11.3 Å². The van der Waals surface area contributed by atoms with E-state index in [1.54, 1.807) is 17.5 Å². The fourth-order valence-electron chi connectivity index (χ4n) is 2.39. The maximum Gasteiger partial charge on any atom is 0.137 e. The Morgan fingerprint density at radius 1 is 1.19 bits per heavy atom. The predicted octanol–water partition coefficient (Wildman–Crippen LogP) is 3.05. The molecule has 108 valence electrons. The van der Waals surface area contributed by atoms with Crippen LogP contribution in [0.4, 0.5) is 5.82 Å². The van der Waals surface area contributed by atoms with Gasteiger partial charge >= 0.3 is 0 Å². The van der Waals surface area contributed by atoms with E-state index < -0.39 is 0 Å². The number of nitrogens with two attached hydrogens (primary N) is 1. The second-order valence-corrected chi connectivity index (χ2v) is 5.84. The molecule has 0 aromatic carbocycles. The molecule has 0 saturated heterocycles. The standard InChI is InChI=1S/C16H18N4S/c17-6-2-9-20(12-13-3-1-7-18-11-13)16-14-5-10-21-15(14)4-8-19-16/h1,3-5,7-8,10-11H,2,6,9,12,17H2. The van der Waals surface area contributed by atoms with Crippen LogP contribution in [0.1, 0.15) is 12.0 Å². The zero-order valence-corrected chi connectivity index (χ0v) is 12.6. The molecular formula is C16H18N4S. The summed E-state index contributed by atoms with van der Waals surface area (Å²) in [6.07, 6.45) is 6.53. The highest BCUT2D eigenvalue weighted by atomic mass is 32.1. The topological polar surface area (TPSA) is 55.0 Å². The molecule has 4 nitrogen and oxygen atoms in total. The molecule has 0 aliphatic carbocycles. The van der Waals surface area contributed by atoms with Gasteiger partial charge in [0.1, 0.15) is 5.82 Å². The van der Waals surface area contributed by atoms with Crippen LogP contribution < -0.4 is 10.6 Å². The van der Waals surface area contributed by atoms with Gasteiger partial charge in [-0.3, -0.25) is 4.98 Å². The van der Waals surface area contributed by atoms with Crippen molar-refractivity contribution >= 4 is 27.2 Å². The van der Waals surface area contributed by atoms with E-state index in [1.807, 2.05) is 18.5 Å². The van der Waals surface area contributed by atoms with Crippen LogP contribution in [0, 0.1) is 0 Å². The zero-order valence-electron chi connectivity index (χ0n) is 11.8. The number of hydrogen-bond donors (Lipinski definition) is 1. The van der Waals surface area contributed by atoms with Crippen LogP contribution in [-0.2, 0) is 6.54 Å². The van der Waals surface area contributed by atoms with Crippen LogP contribution in [0.15, 0.2) is 48.2 Å². The molecule has 3 rings (SSSR count). The van der Waals surface area contributed by atoms with Crippen molar-refractivity contribution in [1.29, 1.82) is 0 Å². The summed E-state index contributed by atoms with van der Waals surface area (Å²) in [5.74, 6) is 1.03. The molecule has 5 heteroatoms. The third-order valence-electron chi connectivity index (χ3n) is 3.39. The molecule has 0 bridgehead atoms. The molecule has 2 N–H and O–H groups in total. The van der Waals surface area contributed by atoms with Crippen LogP contribution in [0.5, 0.6) is 0 Å². The third kappa shape index (κ3) is 3.20. The van der Waals surface area contributed by atoms with Crippen molar-refractivity contribution in [2.24, 2.45) is 5.73 Å². The Hall–Kier alpha value is -1.98. The average Bonchev–Trinajstić information content (AvgIpc) is 3.01. The summed E-state index contributed by atoms with van der Waals surface area (Å²) < 4.78 is 1.27. The van der Waals surface area contributed by atoms with Crippen LogP contribution in [0.3, 0.4) is 0 Å².